The third-order valence-corrected chi connectivity index (χ3v) is 2.65. The number of likely N-dealkylation sites (N-methyl/N-ethyl adjacent to an activating group) is 1. The zero-order valence-corrected chi connectivity index (χ0v) is 8.93. The van der Waals surface area contributed by atoms with Gasteiger partial charge < -0.3 is 14.8 Å². The Labute approximate surface area is 82.7 Å². The van der Waals surface area contributed by atoms with Gasteiger partial charge in [0.05, 0.1) is 6.04 Å². The van der Waals surface area contributed by atoms with Gasteiger partial charge in [0.25, 0.3) is 0 Å². The smallest absolute Gasteiger partial charge is 0.176 e. The van der Waals surface area contributed by atoms with Crippen molar-refractivity contribution < 1.29 is 9.47 Å². The number of hydrogen-bond donors (Lipinski definition) is 1. The molecule has 0 bridgehead atoms. The molecule has 0 saturated carbocycles. The van der Waals surface area contributed by atoms with Crippen molar-refractivity contribution in [2.45, 2.75) is 12.3 Å². The number of rotatable bonds is 5. The van der Waals surface area contributed by atoms with Gasteiger partial charge in [-0.15, -0.1) is 0 Å². The maximum atomic E-state index is 5.20. The first-order chi connectivity index (χ1) is 6.33. The molecular weight excluding hydrogens is 186 g/mol. The van der Waals surface area contributed by atoms with Gasteiger partial charge in [0.2, 0.25) is 0 Å². The summed E-state index contributed by atoms with van der Waals surface area (Å²) in [5.41, 5.74) is 1.20. The highest BCUT2D eigenvalue weighted by molar-refractivity contribution is 7.07. The quantitative estimate of drug-likeness (QED) is 0.734. The van der Waals surface area contributed by atoms with E-state index < -0.39 is 0 Å². The fourth-order valence-electron chi connectivity index (χ4n) is 1.28. The van der Waals surface area contributed by atoms with Crippen LogP contribution in [0, 0.1) is 0 Å². The first-order valence-corrected chi connectivity index (χ1v) is 5.02. The molecule has 0 aliphatic heterocycles. The van der Waals surface area contributed by atoms with Crippen molar-refractivity contribution in [3.05, 3.63) is 22.4 Å². The van der Waals surface area contributed by atoms with Gasteiger partial charge in [-0.05, 0) is 29.4 Å². The van der Waals surface area contributed by atoms with Crippen LogP contribution in [0.5, 0.6) is 0 Å². The third kappa shape index (κ3) is 2.51. The molecule has 1 atom stereocenters. The van der Waals surface area contributed by atoms with Crippen LogP contribution in [0.15, 0.2) is 16.8 Å². The monoisotopic (exact) mass is 201 g/mol. The Hall–Kier alpha value is -0.420. The van der Waals surface area contributed by atoms with Crippen LogP contribution in [0.2, 0.25) is 0 Å². The Morgan fingerprint density at radius 3 is 2.46 bits per heavy atom. The molecule has 0 saturated heterocycles. The molecule has 74 valence electrons. The fraction of sp³-hybridized carbons (Fsp3) is 0.556. The minimum Gasteiger partial charge on any atom is -0.354 e. The SMILES string of the molecule is CNC(c1ccsc1)C(OC)OC. The molecule has 1 unspecified atom stereocenters. The van der Waals surface area contributed by atoms with Crippen molar-refractivity contribution in [2.24, 2.45) is 0 Å². The van der Waals surface area contributed by atoms with E-state index in [9.17, 15) is 0 Å². The molecule has 3 nitrogen and oxygen atoms in total. The maximum Gasteiger partial charge on any atom is 0.176 e. The average Bonchev–Trinajstić information content (AvgIpc) is 2.66. The van der Waals surface area contributed by atoms with Crippen molar-refractivity contribution in [1.29, 1.82) is 0 Å². The van der Waals surface area contributed by atoms with E-state index in [0.29, 0.717) is 0 Å². The number of methoxy groups -OCH3 is 2. The lowest BCUT2D eigenvalue weighted by molar-refractivity contribution is -0.122. The summed E-state index contributed by atoms with van der Waals surface area (Å²) in [5.74, 6) is 0. The molecule has 1 aromatic heterocycles. The van der Waals surface area contributed by atoms with E-state index in [1.54, 1.807) is 25.6 Å². The van der Waals surface area contributed by atoms with E-state index in [1.807, 2.05) is 12.4 Å². The lowest BCUT2D eigenvalue weighted by atomic mass is 10.1. The summed E-state index contributed by atoms with van der Waals surface area (Å²) in [7, 11) is 5.18. The van der Waals surface area contributed by atoms with E-state index in [0.717, 1.165) is 0 Å². The molecule has 0 amide bonds. The summed E-state index contributed by atoms with van der Waals surface area (Å²) >= 11 is 1.67. The predicted molar refractivity (Wildman–Crippen MR) is 53.9 cm³/mol. The van der Waals surface area contributed by atoms with Crippen molar-refractivity contribution in [3.63, 3.8) is 0 Å². The largest absolute Gasteiger partial charge is 0.354 e. The Balaban J connectivity index is 2.72. The molecule has 1 heterocycles. The van der Waals surface area contributed by atoms with Crippen molar-refractivity contribution in [1.82, 2.24) is 5.32 Å². The standard InChI is InChI=1S/C9H15NO2S/c1-10-8(9(11-2)12-3)7-4-5-13-6-7/h4-6,8-10H,1-3H3. The highest BCUT2D eigenvalue weighted by Gasteiger charge is 2.20. The van der Waals surface area contributed by atoms with Crippen LogP contribution < -0.4 is 5.32 Å². The van der Waals surface area contributed by atoms with Crippen molar-refractivity contribution in [3.8, 4) is 0 Å². The average molecular weight is 201 g/mol. The molecule has 0 aromatic carbocycles. The minimum absolute atomic E-state index is 0.0984. The summed E-state index contributed by atoms with van der Waals surface area (Å²) in [4.78, 5) is 0. The van der Waals surface area contributed by atoms with E-state index in [-0.39, 0.29) is 12.3 Å². The zero-order valence-electron chi connectivity index (χ0n) is 8.11. The lowest BCUT2D eigenvalue weighted by Gasteiger charge is -2.23. The van der Waals surface area contributed by atoms with Crippen molar-refractivity contribution >= 4 is 11.3 Å². The van der Waals surface area contributed by atoms with Crippen LogP contribution in [-0.2, 0) is 9.47 Å². The highest BCUT2D eigenvalue weighted by Crippen LogP contribution is 2.21. The Kier molecular flexibility index (Phi) is 4.38. The van der Waals surface area contributed by atoms with Crippen LogP contribution in [0.1, 0.15) is 11.6 Å². The molecule has 13 heavy (non-hydrogen) atoms. The lowest BCUT2D eigenvalue weighted by Crippen LogP contribution is -2.31. The van der Waals surface area contributed by atoms with Gasteiger partial charge in [0.15, 0.2) is 6.29 Å². The van der Waals surface area contributed by atoms with Crippen LogP contribution in [0.3, 0.4) is 0 Å². The normalized spacial score (nSPS) is 13.5. The first kappa shape index (κ1) is 10.7. The molecule has 0 fully saturated rings. The Morgan fingerprint density at radius 1 is 1.38 bits per heavy atom. The number of nitrogens with one attached hydrogen (secondary N) is 1. The topological polar surface area (TPSA) is 30.5 Å². The van der Waals surface area contributed by atoms with E-state index in [1.165, 1.54) is 5.56 Å². The van der Waals surface area contributed by atoms with Crippen molar-refractivity contribution in [2.75, 3.05) is 21.3 Å². The molecular formula is C9H15NO2S. The molecule has 1 aromatic rings. The number of hydrogen-bond acceptors (Lipinski definition) is 4. The minimum atomic E-state index is -0.236. The van der Waals surface area contributed by atoms with Gasteiger partial charge in [-0.2, -0.15) is 11.3 Å². The van der Waals surface area contributed by atoms with Crippen LogP contribution in [0.25, 0.3) is 0 Å². The second-order valence-corrected chi connectivity index (χ2v) is 3.44. The summed E-state index contributed by atoms with van der Waals surface area (Å²) in [6.45, 7) is 0. The predicted octanol–water partition coefficient (Wildman–Crippen LogP) is 1.63. The Morgan fingerprint density at radius 2 is 2.08 bits per heavy atom. The van der Waals surface area contributed by atoms with Gasteiger partial charge in [-0.1, -0.05) is 0 Å². The molecule has 4 heteroatoms. The van der Waals surface area contributed by atoms with Gasteiger partial charge in [-0.3, -0.25) is 0 Å². The molecule has 0 aliphatic carbocycles. The zero-order chi connectivity index (χ0) is 9.68. The molecule has 0 aliphatic rings. The van der Waals surface area contributed by atoms with Gasteiger partial charge in [0.1, 0.15) is 0 Å². The second-order valence-electron chi connectivity index (χ2n) is 2.66. The summed E-state index contributed by atoms with van der Waals surface area (Å²) in [5, 5.41) is 7.30. The van der Waals surface area contributed by atoms with E-state index in [4.69, 9.17) is 9.47 Å². The van der Waals surface area contributed by atoms with Gasteiger partial charge in [0, 0.05) is 14.2 Å². The number of thiophene rings is 1. The van der Waals surface area contributed by atoms with Gasteiger partial charge in [-0.25, -0.2) is 0 Å². The third-order valence-electron chi connectivity index (χ3n) is 1.95. The number of ether oxygens (including phenoxy) is 2. The van der Waals surface area contributed by atoms with Crippen LogP contribution >= 0.6 is 11.3 Å². The first-order valence-electron chi connectivity index (χ1n) is 4.08. The molecule has 1 rings (SSSR count). The maximum absolute atomic E-state index is 5.20. The summed E-state index contributed by atoms with van der Waals surface area (Å²) in [6.07, 6.45) is -0.236. The highest BCUT2D eigenvalue weighted by atomic mass is 32.1. The Bertz CT molecular complexity index is 222. The van der Waals surface area contributed by atoms with E-state index in [2.05, 4.69) is 16.8 Å². The van der Waals surface area contributed by atoms with Gasteiger partial charge >= 0.3 is 0 Å². The molecule has 1 N–H and O–H groups in total. The molecule has 0 radical (unpaired) electrons. The molecule has 0 spiro atoms. The summed E-state index contributed by atoms with van der Waals surface area (Å²) in [6, 6.07) is 2.16. The fourth-order valence-corrected chi connectivity index (χ4v) is 1.98. The second kappa shape index (κ2) is 5.34. The summed E-state index contributed by atoms with van der Waals surface area (Å²) < 4.78 is 10.4. The van der Waals surface area contributed by atoms with E-state index >= 15 is 0 Å². The van der Waals surface area contributed by atoms with Crippen LogP contribution in [-0.4, -0.2) is 27.6 Å². The van der Waals surface area contributed by atoms with Crippen LogP contribution in [0.4, 0.5) is 0 Å².